The first kappa shape index (κ1) is 38.3. The van der Waals surface area contributed by atoms with E-state index in [4.69, 9.17) is 29.2 Å². The van der Waals surface area contributed by atoms with E-state index in [-0.39, 0.29) is 71.9 Å². The van der Waals surface area contributed by atoms with Crippen molar-refractivity contribution in [3.63, 3.8) is 0 Å². The van der Waals surface area contributed by atoms with Gasteiger partial charge >= 0.3 is 17.9 Å². The molecule has 0 unspecified atom stereocenters. The van der Waals surface area contributed by atoms with Crippen LogP contribution in [0, 0.1) is 20.8 Å². The van der Waals surface area contributed by atoms with E-state index in [0.717, 1.165) is 16.7 Å². The van der Waals surface area contributed by atoms with Gasteiger partial charge in [-0.3, -0.25) is 14.4 Å². The summed E-state index contributed by atoms with van der Waals surface area (Å²) in [5, 5.41) is 34.2. The summed E-state index contributed by atoms with van der Waals surface area (Å²) < 4.78 is 14.2. The highest BCUT2D eigenvalue weighted by Crippen LogP contribution is 2.39. The van der Waals surface area contributed by atoms with Gasteiger partial charge in [-0.2, -0.15) is 0 Å². The molecule has 4 aromatic rings. The Morgan fingerprint density at radius 2 is 0.745 bits per heavy atom. The van der Waals surface area contributed by atoms with E-state index in [1.54, 1.807) is 39.0 Å². The number of aromatic nitrogens is 3. The summed E-state index contributed by atoms with van der Waals surface area (Å²) >= 11 is 0. The van der Waals surface area contributed by atoms with Crippen LogP contribution in [0.3, 0.4) is 0 Å². The third-order valence-corrected chi connectivity index (χ3v) is 9.15. The first-order valence-electron chi connectivity index (χ1n) is 16.8. The number of carbonyl (C=O) groups is 3. The Morgan fingerprint density at radius 1 is 0.490 bits per heavy atom. The lowest BCUT2D eigenvalue weighted by atomic mass is 9.97. The Balaban J connectivity index is 1.80. The summed E-state index contributed by atoms with van der Waals surface area (Å²) in [5.41, 5.74) is 5.31. The van der Waals surface area contributed by atoms with Gasteiger partial charge in [0.1, 0.15) is 17.2 Å². The predicted molar refractivity (Wildman–Crippen MR) is 190 cm³/mol. The Bertz CT molecular complexity index is 1690. The van der Waals surface area contributed by atoms with Gasteiger partial charge in [0.25, 0.3) is 0 Å². The number of phenols is 3. The lowest BCUT2D eigenvalue weighted by Gasteiger charge is -2.16. The second-order valence-corrected chi connectivity index (χ2v) is 12.3. The van der Waals surface area contributed by atoms with E-state index in [1.807, 2.05) is 18.2 Å². The molecule has 0 amide bonds. The molecule has 1 aromatic heterocycles. The van der Waals surface area contributed by atoms with Crippen LogP contribution in [0.1, 0.15) is 71.9 Å². The van der Waals surface area contributed by atoms with Gasteiger partial charge in [-0.25, -0.2) is 15.0 Å². The van der Waals surface area contributed by atoms with Crippen molar-refractivity contribution in [2.75, 3.05) is 21.3 Å². The molecule has 1 heterocycles. The average Bonchev–Trinajstić information content (AvgIpc) is 3.13. The van der Waals surface area contributed by atoms with Gasteiger partial charge in [0, 0.05) is 19.3 Å². The van der Waals surface area contributed by atoms with Crippen LogP contribution in [0.25, 0.3) is 34.2 Å². The van der Waals surface area contributed by atoms with Crippen LogP contribution in [0.15, 0.2) is 36.4 Å². The van der Waals surface area contributed by atoms with E-state index < -0.39 is 0 Å². The summed E-state index contributed by atoms with van der Waals surface area (Å²) in [7, 11) is 4.03. The van der Waals surface area contributed by atoms with Gasteiger partial charge in [-0.15, -0.1) is 0 Å². The molecular formula is C39H45N3O9. The van der Waals surface area contributed by atoms with Crippen molar-refractivity contribution < 1.29 is 43.9 Å². The molecule has 0 saturated carbocycles. The van der Waals surface area contributed by atoms with Crippen LogP contribution >= 0.6 is 0 Å². The van der Waals surface area contributed by atoms with E-state index in [9.17, 15) is 29.7 Å². The molecule has 0 aliphatic carbocycles. The van der Waals surface area contributed by atoms with E-state index in [0.29, 0.717) is 71.9 Å². The molecule has 0 fully saturated rings. The Labute approximate surface area is 297 Å². The minimum Gasteiger partial charge on any atom is -0.507 e. The Kier molecular flexibility index (Phi) is 13.1. The molecule has 12 heteroatoms. The number of benzene rings is 3. The summed E-state index contributed by atoms with van der Waals surface area (Å²) in [6, 6.07) is 10.6. The predicted octanol–water partition coefficient (Wildman–Crippen LogP) is 6.40. The van der Waals surface area contributed by atoms with Crippen molar-refractivity contribution >= 4 is 17.9 Å². The smallest absolute Gasteiger partial charge is 0.305 e. The number of phenolic OH excluding ortho intramolecular Hbond substituents is 3. The van der Waals surface area contributed by atoms with Gasteiger partial charge in [0.05, 0.1) is 38.0 Å². The highest BCUT2D eigenvalue weighted by Gasteiger charge is 2.22. The SMILES string of the molecule is COC(=O)CCCc1ccc(-c2nc(-c3ccc(CCCC(=O)OC)c(C)c3O)nc(-c3ccc(CCCC(=O)OC)c(C)c3O)n2)c(O)c1C. The molecule has 270 valence electrons. The second-order valence-electron chi connectivity index (χ2n) is 12.3. The molecule has 12 nitrogen and oxygen atoms in total. The minimum absolute atomic E-state index is 0.0450. The van der Waals surface area contributed by atoms with Crippen LogP contribution < -0.4 is 0 Å². The molecule has 0 atom stereocenters. The van der Waals surface area contributed by atoms with Crippen LogP contribution in [0.5, 0.6) is 17.2 Å². The summed E-state index contributed by atoms with van der Waals surface area (Å²) in [5.74, 6) is -0.693. The molecule has 3 aromatic carbocycles. The van der Waals surface area contributed by atoms with Crippen molar-refractivity contribution in [1.82, 2.24) is 15.0 Å². The van der Waals surface area contributed by atoms with Crippen molar-refractivity contribution in [2.45, 2.75) is 78.6 Å². The minimum atomic E-state index is -0.306. The number of rotatable bonds is 15. The zero-order chi connectivity index (χ0) is 37.2. The molecular weight excluding hydrogens is 654 g/mol. The second kappa shape index (κ2) is 17.4. The number of esters is 3. The van der Waals surface area contributed by atoms with Gasteiger partial charge in [-0.1, -0.05) is 18.2 Å². The van der Waals surface area contributed by atoms with Gasteiger partial charge in [-0.05, 0) is 111 Å². The molecule has 4 rings (SSSR count). The van der Waals surface area contributed by atoms with Crippen LogP contribution in [-0.2, 0) is 47.9 Å². The molecule has 0 bridgehead atoms. The topological polar surface area (TPSA) is 178 Å². The Hall–Kier alpha value is -5.52. The zero-order valence-corrected chi connectivity index (χ0v) is 30.0. The van der Waals surface area contributed by atoms with Gasteiger partial charge in [0.2, 0.25) is 0 Å². The van der Waals surface area contributed by atoms with E-state index >= 15 is 0 Å². The lowest BCUT2D eigenvalue weighted by Crippen LogP contribution is -2.04. The normalized spacial score (nSPS) is 10.9. The van der Waals surface area contributed by atoms with Gasteiger partial charge in [0.15, 0.2) is 17.5 Å². The first-order valence-corrected chi connectivity index (χ1v) is 16.8. The highest BCUT2D eigenvalue weighted by atomic mass is 16.5. The van der Waals surface area contributed by atoms with Crippen LogP contribution in [0.4, 0.5) is 0 Å². The fourth-order valence-corrected chi connectivity index (χ4v) is 5.89. The maximum atomic E-state index is 11.6. The molecule has 0 aliphatic heterocycles. The molecule has 0 spiro atoms. The fraction of sp³-hybridized carbons (Fsp3) is 0.385. The molecule has 0 saturated heterocycles. The monoisotopic (exact) mass is 699 g/mol. The number of nitrogens with zero attached hydrogens (tertiary/aromatic N) is 3. The van der Waals surface area contributed by atoms with Crippen molar-refractivity contribution in [3.8, 4) is 51.4 Å². The van der Waals surface area contributed by atoms with E-state index in [1.165, 1.54) is 21.3 Å². The molecule has 0 aliphatic rings. The molecule has 0 radical (unpaired) electrons. The maximum absolute atomic E-state index is 11.6. The summed E-state index contributed by atoms with van der Waals surface area (Å²) in [6.07, 6.45) is 4.00. The number of methoxy groups -OCH3 is 3. The quantitative estimate of drug-likeness (QED) is 0.0920. The largest absolute Gasteiger partial charge is 0.507 e. The Morgan fingerprint density at radius 3 is 0.980 bits per heavy atom. The van der Waals surface area contributed by atoms with Crippen LogP contribution in [0.2, 0.25) is 0 Å². The highest BCUT2D eigenvalue weighted by molar-refractivity contribution is 5.76. The van der Waals surface area contributed by atoms with Crippen molar-refractivity contribution in [1.29, 1.82) is 0 Å². The number of hydrogen-bond acceptors (Lipinski definition) is 12. The zero-order valence-electron chi connectivity index (χ0n) is 30.0. The van der Waals surface area contributed by atoms with Crippen molar-refractivity contribution in [3.05, 3.63) is 69.8 Å². The number of hydrogen-bond donors (Lipinski definition) is 3. The maximum Gasteiger partial charge on any atom is 0.305 e. The van der Waals surface area contributed by atoms with Crippen LogP contribution in [-0.4, -0.2) is 69.5 Å². The van der Waals surface area contributed by atoms with Gasteiger partial charge < -0.3 is 29.5 Å². The number of carbonyl (C=O) groups excluding carboxylic acids is 3. The molecule has 51 heavy (non-hydrogen) atoms. The number of aryl methyl sites for hydroxylation is 3. The standard InChI is InChI=1S/C39H45N3O9/c1-22-25(10-7-13-31(43)49-4)16-19-28(34(22)46)37-40-38(29-20-17-26(23(2)35(29)47)11-8-14-32(44)50-5)42-39(41-37)30-21-18-27(24(3)36(30)48)12-9-15-33(45)51-6/h16-21,46-48H,7-15H2,1-6H3. The molecule has 3 N–H and O–H groups in total. The first-order chi connectivity index (χ1) is 24.4. The number of aromatic hydroxyl groups is 3. The fourth-order valence-electron chi connectivity index (χ4n) is 5.89. The lowest BCUT2D eigenvalue weighted by molar-refractivity contribution is -0.141. The third-order valence-electron chi connectivity index (χ3n) is 9.15. The van der Waals surface area contributed by atoms with Crippen molar-refractivity contribution in [2.24, 2.45) is 0 Å². The van der Waals surface area contributed by atoms with E-state index in [2.05, 4.69) is 0 Å². The summed E-state index contributed by atoms with van der Waals surface area (Å²) in [6.45, 7) is 5.33. The number of ether oxygens (including phenoxy) is 3. The average molecular weight is 700 g/mol. The third kappa shape index (κ3) is 9.19. The summed E-state index contributed by atoms with van der Waals surface area (Å²) in [4.78, 5) is 49.0.